The van der Waals surface area contributed by atoms with Crippen molar-refractivity contribution in [3.63, 3.8) is 0 Å². The van der Waals surface area contributed by atoms with Gasteiger partial charge in [-0.25, -0.2) is 13.4 Å². The summed E-state index contributed by atoms with van der Waals surface area (Å²) in [4.78, 5) is 16.3. The number of hydrogen-bond donors (Lipinski definition) is 1. The molecule has 0 saturated heterocycles. The summed E-state index contributed by atoms with van der Waals surface area (Å²) in [7, 11) is -3.39. The fourth-order valence-corrected chi connectivity index (χ4v) is 4.51. The molecule has 6 nitrogen and oxygen atoms in total. The monoisotopic (exact) mass is 468 g/mol. The zero-order chi connectivity index (χ0) is 23.3. The summed E-state index contributed by atoms with van der Waals surface area (Å²) >= 11 is 1.57. The number of carbonyl (C=O) groups excluding carboxylic acids is 1. The van der Waals surface area contributed by atoms with Crippen LogP contribution in [0.3, 0.4) is 0 Å². The number of thioether (sulfide) groups is 1. The van der Waals surface area contributed by atoms with Crippen LogP contribution in [0.1, 0.15) is 53.4 Å². The second-order valence-corrected chi connectivity index (χ2v) is 11.3. The molecule has 0 aliphatic rings. The zero-order valence-electron chi connectivity index (χ0n) is 19.3. The lowest BCUT2D eigenvalue weighted by Gasteiger charge is -2.15. The van der Waals surface area contributed by atoms with Gasteiger partial charge < -0.3 is 9.73 Å². The van der Waals surface area contributed by atoms with Crippen LogP contribution in [0.4, 0.5) is 6.01 Å². The van der Waals surface area contributed by atoms with E-state index >= 15 is 0 Å². The van der Waals surface area contributed by atoms with Gasteiger partial charge in [0, 0.05) is 17.8 Å². The van der Waals surface area contributed by atoms with Crippen LogP contribution in [0.2, 0.25) is 0 Å². The quantitative estimate of drug-likeness (QED) is 0.279. The summed E-state index contributed by atoms with van der Waals surface area (Å²) < 4.78 is 28.1. The maximum absolute atomic E-state index is 12.4. The maximum Gasteiger partial charge on any atom is 0.295 e. The van der Waals surface area contributed by atoms with Gasteiger partial charge in [0.15, 0.2) is 15.6 Å². The normalized spacial score (nSPS) is 13.7. The van der Waals surface area contributed by atoms with Crippen molar-refractivity contribution in [2.75, 3.05) is 28.8 Å². The first-order valence-electron chi connectivity index (χ1n) is 10.5. The summed E-state index contributed by atoms with van der Waals surface area (Å²) in [5, 5.41) is 2.89. The predicted molar refractivity (Wildman–Crippen MR) is 131 cm³/mol. The molecule has 1 unspecified atom stereocenters. The number of rotatable bonds is 15. The first kappa shape index (κ1) is 27.2. The Morgan fingerprint density at radius 1 is 1.13 bits per heavy atom. The number of ketones is 1. The van der Waals surface area contributed by atoms with E-state index in [0.717, 1.165) is 37.7 Å². The van der Waals surface area contributed by atoms with Crippen LogP contribution in [0.15, 0.2) is 51.8 Å². The molecule has 0 amide bonds. The molecule has 0 aliphatic heterocycles. The number of Topliss-reactive ketones (excluding diaryl/α,β-unsaturated/α-hetero) is 1. The number of aromatic nitrogens is 1. The van der Waals surface area contributed by atoms with Crippen molar-refractivity contribution < 1.29 is 17.6 Å². The molecule has 0 aromatic carbocycles. The fraction of sp³-hybridized carbons (Fsp3) is 0.565. The molecule has 1 N–H and O–H groups in total. The molecule has 0 aliphatic carbocycles. The van der Waals surface area contributed by atoms with E-state index < -0.39 is 21.6 Å². The van der Waals surface area contributed by atoms with Crippen LogP contribution in [0, 0.1) is 0 Å². The van der Waals surface area contributed by atoms with Gasteiger partial charge in [0.25, 0.3) is 6.01 Å². The number of carbonyl (C=O) groups is 1. The standard InChI is InChI=1S/C23H36N2O4S2/c1-18(2)8-6-9-19(3)10-7-11-20(4)12-15-30-16-21(22(26)17-31(5,27)28)25-23-24-13-14-29-23/h8,10,12-14,21H,6-7,9,11,15-17H2,1-5H3,(H,24,25). The Morgan fingerprint density at radius 2 is 1.77 bits per heavy atom. The van der Waals surface area contributed by atoms with Crippen molar-refractivity contribution in [1.29, 1.82) is 0 Å². The molecule has 0 bridgehead atoms. The molecule has 31 heavy (non-hydrogen) atoms. The molecular formula is C23H36N2O4S2. The Morgan fingerprint density at radius 3 is 2.35 bits per heavy atom. The average molecular weight is 469 g/mol. The minimum Gasteiger partial charge on any atom is -0.432 e. The van der Waals surface area contributed by atoms with Gasteiger partial charge in [-0.2, -0.15) is 11.8 Å². The van der Waals surface area contributed by atoms with E-state index in [1.165, 1.54) is 29.2 Å². The number of nitrogens with one attached hydrogen (secondary N) is 1. The van der Waals surface area contributed by atoms with Crippen LogP contribution in [0.5, 0.6) is 0 Å². The van der Waals surface area contributed by atoms with Crippen LogP contribution >= 0.6 is 11.8 Å². The van der Waals surface area contributed by atoms with Gasteiger partial charge >= 0.3 is 0 Å². The summed E-state index contributed by atoms with van der Waals surface area (Å²) in [6.07, 6.45) is 14.9. The molecular weight excluding hydrogens is 432 g/mol. The third-order valence-corrected chi connectivity index (χ3v) is 6.26. The third-order valence-electron chi connectivity index (χ3n) is 4.48. The first-order valence-corrected chi connectivity index (χ1v) is 13.7. The number of oxazole rings is 1. The molecule has 0 fully saturated rings. The molecule has 1 aromatic rings. The highest BCUT2D eigenvalue weighted by molar-refractivity contribution is 7.99. The van der Waals surface area contributed by atoms with E-state index in [2.05, 4.69) is 56.2 Å². The number of anilines is 1. The third kappa shape index (κ3) is 14.0. The van der Waals surface area contributed by atoms with Crippen LogP contribution in [0.25, 0.3) is 0 Å². The molecule has 0 saturated carbocycles. The molecule has 174 valence electrons. The van der Waals surface area contributed by atoms with E-state index in [4.69, 9.17) is 4.42 Å². The van der Waals surface area contributed by atoms with Crippen molar-refractivity contribution in [2.45, 2.75) is 59.4 Å². The van der Waals surface area contributed by atoms with Gasteiger partial charge in [0.1, 0.15) is 12.0 Å². The summed E-state index contributed by atoms with van der Waals surface area (Å²) in [5.74, 6) is 0.303. The number of nitrogens with zero attached hydrogens (tertiary/aromatic N) is 1. The van der Waals surface area contributed by atoms with Gasteiger partial charge in [-0.05, 0) is 53.4 Å². The van der Waals surface area contributed by atoms with E-state index in [1.54, 1.807) is 11.8 Å². The number of allylic oxidation sites excluding steroid dienone is 5. The molecule has 0 radical (unpaired) electrons. The topological polar surface area (TPSA) is 89.3 Å². The van der Waals surface area contributed by atoms with Gasteiger partial charge in [-0.1, -0.05) is 34.9 Å². The highest BCUT2D eigenvalue weighted by Crippen LogP contribution is 2.15. The molecule has 0 spiro atoms. The predicted octanol–water partition coefficient (Wildman–Crippen LogP) is 5.22. The lowest BCUT2D eigenvalue weighted by Crippen LogP contribution is -2.36. The lowest BCUT2D eigenvalue weighted by molar-refractivity contribution is -0.117. The van der Waals surface area contributed by atoms with Crippen molar-refractivity contribution in [2.24, 2.45) is 0 Å². The summed E-state index contributed by atoms with van der Waals surface area (Å²) in [5.41, 5.74) is 4.09. The first-order chi connectivity index (χ1) is 14.6. The van der Waals surface area contributed by atoms with Crippen LogP contribution in [-0.2, 0) is 14.6 Å². The minimum atomic E-state index is -3.39. The summed E-state index contributed by atoms with van der Waals surface area (Å²) in [6.45, 7) is 8.55. The van der Waals surface area contributed by atoms with Gasteiger partial charge in [-0.15, -0.1) is 0 Å². The average Bonchev–Trinajstić information content (AvgIpc) is 3.15. The molecule has 1 aromatic heterocycles. The fourth-order valence-electron chi connectivity index (χ4n) is 2.74. The highest BCUT2D eigenvalue weighted by Gasteiger charge is 2.23. The minimum absolute atomic E-state index is 0.214. The molecule has 1 heterocycles. The van der Waals surface area contributed by atoms with Crippen molar-refractivity contribution >= 4 is 33.4 Å². The lowest BCUT2D eigenvalue weighted by atomic mass is 10.1. The zero-order valence-corrected chi connectivity index (χ0v) is 20.9. The Labute approximate surface area is 191 Å². The van der Waals surface area contributed by atoms with Gasteiger partial charge in [0.2, 0.25) is 0 Å². The van der Waals surface area contributed by atoms with E-state index in [9.17, 15) is 13.2 Å². The molecule has 1 rings (SSSR count). The van der Waals surface area contributed by atoms with Crippen LogP contribution in [-0.4, -0.2) is 48.7 Å². The van der Waals surface area contributed by atoms with Crippen molar-refractivity contribution in [3.05, 3.63) is 47.4 Å². The van der Waals surface area contributed by atoms with E-state index in [-0.39, 0.29) is 11.8 Å². The Bertz CT molecular complexity index is 865. The smallest absolute Gasteiger partial charge is 0.295 e. The Balaban J connectivity index is 2.46. The SMILES string of the molecule is CC(C)=CCCC(C)=CCCC(C)=CCSCC(Nc1ncco1)C(=O)CS(C)(=O)=O. The molecule has 1 atom stereocenters. The van der Waals surface area contributed by atoms with Gasteiger partial charge in [0.05, 0.1) is 12.2 Å². The summed E-state index contributed by atoms with van der Waals surface area (Å²) in [6, 6.07) is -0.454. The highest BCUT2D eigenvalue weighted by atomic mass is 32.2. The Hall–Kier alpha value is -1.80. The second kappa shape index (κ2) is 14.3. The second-order valence-electron chi connectivity index (χ2n) is 8.07. The van der Waals surface area contributed by atoms with Crippen molar-refractivity contribution in [3.8, 4) is 0 Å². The van der Waals surface area contributed by atoms with E-state index in [0.29, 0.717) is 5.75 Å². The van der Waals surface area contributed by atoms with Gasteiger partial charge in [-0.3, -0.25) is 4.79 Å². The number of sulfone groups is 1. The largest absolute Gasteiger partial charge is 0.432 e. The van der Waals surface area contributed by atoms with Crippen LogP contribution < -0.4 is 5.32 Å². The van der Waals surface area contributed by atoms with E-state index in [1.807, 2.05) is 0 Å². The molecule has 8 heteroatoms. The Kier molecular flexibility index (Phi) is 12.6. The maximum atomic E-state index is 12.4. The number of hydrogen-bond acceptors (Lipinski definition) is 7. The van der Waals surface area contributed by atoms with Crippen molar-refractivity contribution in [1.82, 2.24) is 4.98 Å².